The molecular weight excluding hydrogens is 208 g/mol. The van der Waals surface area contributed by atoms with Gasteiger partial charge in [-0.1, -0.05) is 52.0 Å². The highest BCUT2D eigenvalue weighted by molar-refractivity contribution is 5.30. The molecule has 1 nitrogen and oxygen atoms in total. The third-order valence-corrected chi connectivity index (χ3v) is 4.22. The van der Waals surface area contributed by atoms with E-state index in [1.807, 2.05) is 0 Å². The van der Waals surface area contributed by atoms with E-state index in [4.69, 9.17) is 0 Å². The van der Waals surface area contributed by atoms with Gasteiger partial charge in [0.15, 0.2) is 0 Å². The molecule has 1 aromatic rings. The molecule has 1 aliphatic rings. The quantitative estimate of drug-likeness (QED) is 0.779. The van der Waals surface area contributed by atoms with Crippen LogP contribution in [0.4, 0.5) is 0 Å². The maximum Gasteiger partial charge on any atom is 0.0571 e. The Morgan fingerprint density at radius 2 is 1.65 bits per heavy atom. The first-order valence-corrected chi connectivity index (χ1v) is 6.68. The second-order valence-electron chi connectivity index (χ2n) is 6.48. The van der Waals surface area contributed by atoms with Gasteiger partial charge in [-0.3, -0.25) is 0 Å². The van der Waals surface area contributed by atoms with Crippen molar-refractivity contribution in [3.63, 3.8) is 0 Å². The Kier molecular flexibility index (Phi) is 3.31. The van der Waals surface area contributed by atoms with Gasteiger partial charge in [-0.05, 0) is 41.2 Å². The van der Waals surface area contributed by atoms with Crippen molar-refractivity contribution in [1.29, 1.82) is 0 Å². The van der Waals surface area contributed by atoms with E-state index in [1.54, 1.807) is 0 Å². The molecule has 17 heavy (non-hydrogen) atoms. The van der Waals surface area contributed by atoms with Gasteiger partial charge in [0, 0.05) is 0 Å². The number of aliphatic hydroxyl groups is 1. The number of benzene rings is 1. The molecule has 0 amide bonds. The summed E-state index contributed by atoms with van der Waals surface area (Å²) < 4.78 is 0. The molecule has 94 valence electrons. The van der Waals surface area contributed by atoms with Gasteiger partial charge in [0.2, 0.25) is 0 Å². The molecule has 1 heteroatoms. The minimum Gasteiger partial charge on any atom is -0.393 e. The fourth-order valence-corrected chi connectivity index (χ4v) is 2.84. The van der Waals surface area contributed by atoms with Crippen molar-refractivity contribution in [1.82, 2.24) is 0 Å². The molecule has 0 aromatic heterocycles. The molecule has 0 bridgehead atoms. The topological polar surface area (TPSA) is 20.2 Å². The van der Waals surface area contributed by atoms with E-state index in [2.05, 4.69) is 52.0 Å². The molecule has 0 spiro atoms. The van der Waals surface area contributed by atoms with Crippen LogP contribution in [0.3, 0.4) is 0 Å². The van der Waals surface area contributed by atoms with Crippen LogP contribution in [-0.2, 0) is 5.41 Å². The van der Waals surface area contributed by atoms with E-state index < -0.39 is 0 Å². The molecule has 0 saturated heterocycles. The molecule has 1 fully saturated rings. The Labute approximate surface area is 105 Å². The molecule has 1 aromatic carbocycles. The minimum atomic E-state index is -0.109. The lowest BCUT2D eigenvalue weighted by molar-refractivity contribution is 0.136. The zero-order valence-electron chi connectivity index (χ0n) is 11.4. The normalized spacial score (nSPS) is 29.6. The van der Waals surface area contributed by atoms with Gasteiger partial charge < -0.3 is 5.11 Å². The van der Waals surface area contributed by atoms with E-state index in [0.717, 1.165) is 12.8 Å². The first-order valence-electron chi connectivity index (χ1n) is 6.68. The third kappa shape index (κ3) is 2.55. The summed E-state index contributed by atoms with van der Waals surface area (Å²) in [4.78, 5) is 0. The van der Waals surface area contributed by atoms with Gasteiger partial charge in [-0.2, -0.15) is 0 Å². The first kappa shape index (κ1) is 12.6. The van der Waals surface area contributed by atoms with Crippen LogP contribution in [0.25, 0.3) is 0 Å². The van der Waals surface area contributed by atoms with Crippen LogP contribution in [-0.4, -0.2) is 11.2 Å². The second-order valence-corrected chi connectivity index (χ2v) is 6.48. The summed E-state index contributed by atoms with van der Waals surface area (Å²) >= 11 is 0. The van der Waals surface area contributed by atoms with E-state index >= 15 is 0 Å². The van der Waals surface area contributed by atoms with Crippen molar-refractivity contribution >= 4 is 0 Å². The van der Waals surface area contributed by atoms with Gasteiger partial charge in [0.1, 0.15) is 0 Å². The number of hydrogen-bond donors (Lipinski definition) is 1. The molecule has 2 rings (SSSR count). The average molecular weight is 232 g/mol. The van der Waals surface area contributed by atoms with Gasteiger partial charge in [0.25, 0.3) is 0 Å². The van der Waals surface area contributed by atoms with Gasteiger partial charge in [-0.25, -0.2) is 0 Å². The highest BCUT2D eigenvalue weighted by Crippen LogP contribution is 2.39. The lowest BCUT2D eigenvalue weighted by Gasteiger charge is -2.22. The van der Waals surface area contributed by atoms with E-state index in [-0.39, 0.29) is 11.5 Å². The smallest absolute Gasteiger partial charge is 0.0571 e. The lowest BCUT2D eigenvalue weighted by atomic mass is 9.84. The Balaban J connectivity index is 2.19. The highest BCUT2D eigenvalue weighted by Gasteiger charge is 2.32. The van der Waals surface area contributed by atoms with E-state index in [9.17, 15) is 5.11 Å². The first-order chi connectivity index (χ1) is 7.89. The fourth-order valence-electron chi connectivity index (χ4n) is 2.84. The Morgan fingerprint density at radius 1 is 1.06 bits per heavy atom. The molecule has 3 unspecified atom stereocenters. The maximum atomic E-state index is 9.81. The minimum absolute atomic E-state index is 0.109. The molecule has 1 aliphatic carbocycles. The van der Waals surface area contributed by atoms with Crippen LogP contribution >= 0.6 is 0 Å². The van der Waals surface area contributed by atoms with Gasteiger partial charge in [0.05, 0.1) is 6.10 Å². The predicted molar refractivity (Wildman–Crippen MR) is 72.3 cm³/mol. The summed E-state index contributed by atoms with van der Waals surface area (Å²) in [7, 11) is 0. The van der Waals surface area contributed by atoms with Crippen molar-refractivity contribution in [2.24, 2.45) is 5.92 Å². The molecular formula is C16H24O. The molecule has 0 aliphatic heterocycles. The van der Waals surface area contributed by atoms with Crippen molar-refractivity contribution in [3.05, 3.63) is 35.4 Å². The summed E-state index contributed by atoms with van der Waals surface area (Å²) in [6.45, 7) is 8.89. The summed E-state index contributed by atoms with van der Waals surface area (Å²) in [5.41, 5.74) is 2.99. The molecule has 3 atom stereocenters. The monoisotopic (exact) mass is 232 g/mol. The lowest BCUT2D eigenvalue weighted by Crippen LogP contribution is -2.15. The van der Waals surface area contributed by atoms with Crippen molar-refractivity contribution in [2.45, 2.75) is 58.0 Å². The number of hydrogen-bond acceptors (Lipinski definition) is 1. The SMILES string of the molecule is CC1C(O)CCC1c1ccc(C(C)(C)C)cc1. The zero-order valence-corrected chi connectivity index (χ0v) is 11.4. The van der Waals surface area contributed by atoms with Crippen LogP contribution in [0.15, 0.2) is 24.3 Å². The summed E-state index contributed by atoms with van der Waals surface area (Å²) in [5.74, 6) is 0.939. The Morgan fingerprint density at radius 3 is 2.06 bits per heavy atom. The summed E-state index contributed by atoms with van der Waals surface area (Å²) in [6.07, 6.45) is 1.96. The predicted octanol–water partition coefficient (Wildman–Crippen LogP) is 3.86. The molecule has 1 N–H and O–H groups in total. The van der Waals surface area contributed by atoms with Gasteiger partial charge >= 0.3 is 0 Å². The van der Waals surface area contributed by atoms with Crippen molar-refractivity contribution < 1.29 is 5.11 Å². The maximum absolute atomic E-state index is 9.81. The van der Waals surface area contributed by atoms with Crippen LogP contribution < -0.4 is 0 Å². The second kappa shape index (κ2) is 4.45. The Hall–Kier alpha value is -0.820. The average Bonchev–Trinajstić information content (AvgIpc) is 2.59. The van der Waals surface area contributed by atoms with Crippen LogP contribution in [0.2, 0.25) is 0 Å². The van der Waals surface area contributed by atoms with Gasteiger partial charge in [-0.15, -0.1) is 0 Å². The Bertz CT molecular complexity index is 372. The number of aliphatic hydroxyl groups excluding tert-OH is 1. The zero-order chi connectivity index (χ0) is 12.6. The molecule has 1 saturated carbocycles. The van der Waals surface area contributed by atoms with Crippen molar-refractivity contribution in [3.8, 4) is 0 Å². The van der Waals surface area contributed by atoms with Crippen molar-refractivity contribution in [2.75, 3.05) is 0 Å². The fraction of sp³-hybridized carbons (Fsp3) is 0.625. The third-order valence-electron chi connectivity index (χ3n) is 4.22. The van der Waals surface area contributed by atoms with E-state index in [0.29, 0.717) is 11.8 Å². The van der Waals surface area contributed by atoms with Crippen LogP contribution in [0, 0.1) is 5.92 Å². The highest BCUT2D eigenvalue weighted by atomic mass is 16.3. The summed E-state index contributed by atoms with van der Waals surface area (Å²) in [6, 6.07) is 8.99. The largest absolute Gasteiger partial charge is 0.393 e. The number of rotatable bonds is 1. The van der Waals surface area contributed by atoms with Crippen LogP contribution in [0.5, 0.6) is 0 Å². The molecule has 0 heterocycles. The summed E-state index contributed by atoms with van der Waals surface area (Å²) in [5, 5.41) is 9.81. The van der Waals surface area contributed by atoms with Crippen LogP contribution in [0.1, 0.15) is 57.6 Å². The van der Waals surface area contributed by atoms with E-state index in [1.165, 1.54) is 11.1 Å². The standard InChI is InChI=1S/C16H24O/c1-11-14(9-10-15(11)17)12-5-7-13(8-6-12)16(2,3)4/h5-8,11,14-15,17H,9-10H2,1-4H3. The molecule has 0 radical (unpaired) electrons.